The summed E-state index contributed by atoms with van der Waals surface area (Å²) >= 11 is 0. The van der Waals surface area contributed by atoms with Gasteiger partial charge in [0, 0.05) is 5.69 Å². The first-order chi connectivity index (χ1) is 11.1. The molecule has 2 aromatic heterocycles. The number of nitrogens with two attached hydrogens (primary N) is 2. The summed E-state index contributed by atoms with van der Waals surface area (Å²) in [5.41, 5.74) is 16.2. The lowest BCUT2D eigenvalue weighted by Crippen LogP contribution is -2.20. The minimum absolute atomic E-state index is 0.318. The van der Waals surface area contributed by atoms with Crippen LogP contribution >= 0.6 is 0 Å². The highest BCUT2D eigenvalue weighted by Crippen LogP contribution is 2.20. The SMILES string of the molecule is Cc1cc(N)nc(C)c1Cn1ncnc1C(N)c1ccccc1. The number of hydrogen-bond acceptors (Lipinski definition) is 5. The van der Waals surface area contributed by atoms with Gasteiger partial charge in [-0.25, -0.2) is 14.6 Å². The molecule has 0 bridgehead atoms. The Morgan fingerprint density at radius 3 is 2.61 bits per heavy atom. The number of aryl methyl sites for hydroxylation is 2. The van der Waals surface area contributed by atoms with Crippen LogP contribution in [0.2, 0.25) is 0 Å². The van der Waals surface area contributed by atoms with Gasteiger partial charge in [-0.15, -0.1) is 0 Å². The number of nitrogens with zero attached hydrogens (tertiary/aromatic N) is 4. The second-order valence-corrected chi connectivity index (χ2v) is 5.59. The zero-order valence-corrected chi connectivity index (χ0v) is 13.3. The molecule has 1 atom stereocenters. The molecule has 23 heavy (non-hydrogen) atoms. The molecular formula is C17H20N6. The number of anilines is 1. The van der Waals surface area contributed by atoms with Crippen LogP contribution < -0.4 is 11.5 Å². The van der Waals surface area contributed by atoms with Crippen molar-refractivity contribution in [1.82, 2.24) is 19.7 Å². The molecule has 0 fully saturated rings. The average molecular weight is 308 g/mol. The summed E-state index contributed by atoms with van der Waals surface area (Å²) in [7, 11) is 0. The van der Waals surface area contributed by atoms with Crippen LogP contribution in [0.4, 0.5) is 5.82 Å². The van der Waals surface area contributed by atoms with Gasteiger partial charge in [-0.05, 0) is 36.6 Å². The van der Waals surface area contributed by atoms with Gasteiger partial charge in [-0.2, -0.15) is 5.10 Å². The molecule has 118 valence electrons. The van der Waals surface area contributed by atoms with Gasteiger partial charge in [-0.3, -0.25) is 0 Å². The fraction of sp³-hybridized carbons (Fsp3) is 0.235. The van der Waals surface area contributed by atoms with Crippen LogP contribution in [0.25, 0.3) is 0 Å². The lowest BCUT2D eigenvalue weighted by molar-refractivity contribution is 0.605. The lowest BCUT2D eigenvalue weighted by atomic mass is 10.1. The smallest absolute Gasteiger partial charge is 0.148 e. The molecule has 2 heterocycles. The van der Waals surface area contributed by atoms with Crippen LogP contribution in [-0.2, 0) is 6.54 Å². The van der Waals surface area contributed by atoms with Crippen LogP contribution in [0, 0.1) is 13.8 Å². The number of hydrogen-bond donors (Lipinski definition) is 2. The van der Waals surface area contributed by atoms with Crippen molar-refractivity contribution in [2.45, 2.75) is 26.4 Å². The Bertz CT molecular complexity index is 786. The van der Waals surface area contributed by atoms with Crippen molar-refractivity contribution in [3.8, 4) is 0 Å². The van der Waals surface area contributed by atoms with E-state index in [1.165, 1.54) is 6.33 Å². The molecule has 3 rings (SSSR count). The van der Waals surface area contributed by atoms with E-state index in [1.54, 1.807) is 0 Å². The summed E-state index contributed by atoms with van der Waals surface area (Å²) in [6.07, 6.45) is 1.54. The maximum atomic E-state index is 6.36. The Labute approximate surface area is 135 Å². The lowest BCUT2D eigenvalue weighted by Gasteiger charge is -2.15. The molecule has 0 amide bonds. The molecule has 0 radical (unpaired) electrons. The summed E-state index contributed by atoms with van der Waals surface area (Å²) in [5, 5.41) is 4.33. The van der Waals surface area contributed by atoms with E-state index < -0.39 is 0 Å². The number of benzene rings is 1. The van der Waals surface area contributed by atoms with Crippen LogP contribution in [-0.4, -0.2) is 19.7 Å². The van der Waals surface area contributed by atoms with Crippen LogP contribution in [0.3, 0.4) is 0 Å². The van der Waals surface area contributed by atoms with Gasteiger partial charge in [0.05, 0.1) is 12.6 Å². The quantitative estimate of drug-likeness (QED) is 0.768. The molecule has 0 saturated heterocycles. The van der Waals surface area contributed by atoms with E-state index in [9.17, 15) is 0 Å². The van der Waals surface area contributed by atoms with Crippen molar-refractivity contribution >= 4 is 5.82 Å². The first-order valence-corrected chi connectivity index (χ1v) is 7.47. The molecule has 6 nitrogen and oxygen atoms in total. The predicted molar refractivity (Wildman–Crippen MR) is 89.7 cm³/mol. The largest absolute Gasteiger partial charge is 0.384 e. The normalized spacial score (nSPS) is 12.3. The topological polar surface area (TPSA) is 95.6 Å². The third kappa shape index (κ3) is 3.07. The highest BCUT2D eigenvalue weighted by atomic mass is 15.3. The van der Waals surface area contributed by atoms with Gasteiger partial charge < -0.3 is 11.5 Å². The number of nitrogen functional groups attached to an aromatic ring is 1. The maximum Gasteiger partial charge on any atom is 0.148 e. The Morgan fingerprint density at radius 1 is 1.17 bits per heavy atom. The maximum absolute atomic E-state index is 6.36. The molecule has 0 aliphatic rings. The number of aromatic nitrogens is 4. The van der Waals surface area contributed by atoms with E-state index in [0.29, 0.717) is 12.4 Å². The molecule has 0 aliphatic heterocycles. The Kier molecular flexibility index (Phi) is 4.08. The zero-order valence-electron chi connectivity index (χ0n) is 13.3. The second-order valence-electron chi connectivity index (χ2n) is 5.59. The van der Waals surface area contributed by atoms with E-state index in [2.05, 4.69) is 15.1 Å². The van der Waals surface area contributed by atoms with Gasteiger partial charge in [0.25, 0.3) is 0 Å². The summed E-state index contributed by atoms with van der Waals surface area (Å²) in [4.78, 5) is 8.68. The van der Waals surface area contributed by atoms with E-state index in [4.69, 9.17) is 11.5 Å². The Morgan fingerprint density at radius 2 is 1.91 bits per heavy atom. The zero-order chi connectivity index (χ0) is 16.4. The van der Waals surface area contributed by atoms with Crippen molar-refractivity contribution in [3.05, 3.63) is 70.9 Å². The fourth-order valence-electron chi connectivity index (χ4n) is 2.72. The van der Waals surface area contributed by atoms with Gasteiger partial charge in [0.1, 0.15) is 18.0 Å². The number of rotatable bonds is 4. The van der Waals surface area contributed by atoms with Gasteiger partial charge >= 0.3 is 0 Å². The highest BCUT2D eigenvalue weighted by Gasteiger charge is 2.17. The third-order valence-corrected chi connectivity index (χ3v) is 3.96. The standard InChI is InChI=1S/C17H20N6/c1-11-8-15(18)22-12(2)14(11)9-23-17(20-10-21-23)16(19)13-6-4-3-5-7-13/h3-8,10,16H,9,19H2,1-2H3,(H2,18,22). The van der Waals surface area contributed by atoms with Crippen molar-refractivity contribution in [3.63, 3.8) is 0 Å². The first-order valence-electron chi connectivity index (χ1n) is 7.47. The Hall–Kier alpha value is -2.73. The number of pyridine rings is 1. The van der Waals surface area contributed by atoms with Crippen molar-refractivity contribution in [2.24, 2.45) is 5.73 Å². The van der Waals surface area contributed by atoms with Gasteiger partial charge in [0.2, 0.25) is 0 Å². The molecule has 1 aromatic carbocycles. The minimum atomic E-state index is -0.318. The third-order valence-electron chi connectivity index (χ3n) is 3.96. The van der Waals surface area contributed by atoms with Crippen molar-refractivity contribution in [1.29, 1.82) is 0 Å². The predicted octanol–water partition coefficient (Wildman–Crippen LogP) is 1.97. The second kappa shape index (κ2) is 6.18. The summed E-state index contributed by atoms with van der Waals surface area (Å²) in [6, 6.07) is 11.4. The highest BCUT2D eigenvalue weighted by molar-refractivity contribution is 5.40. The molecule has 6 heteroatoms. The van der Waals surface area contributed by atoms with E-state index in [1.807, 2.05) is 54.9 Å². The molecule has 4 N–H and O–H groups in total. The Balaban J connectivity index is 1.93. The van der Waals surface area contributed by atoms with E-state index in [-0.39, 0.29) is 6.04 Å². The van der Waals surface area contributed by atoms with E-state index in [0.717, 1.165) is 28.2 Å². The summed E-state index contributed by atoms with van der Waals surface area (Å²) in [5.74, 6) is 1.26. The van der Waals surface area contributed by atoms with Gasteiger partial charge in [0.15, 0.2) is 0 Å². The average Bonchev–Trinajstić information content (AvgIpc) is 2.99. The summed E-state index contributed by atoms with van der Waals surface area (Å²) in [6.45, 7) is 4.54. The summed E-state index contributed by atoms with van der Waals surface area (Å²) < 4.78 is 1.82. The molecule has 0 aliphatic carbocycles. The van der Waals surface area contributed by atoms with Crippen molar-refractivity contribution in [2.75, 3.05) is 5.73 Å². The first kappa shape index (κ1) is 15.2. The van der Waals surface area contributed by atoms with Crippen LogP contribution in [0.1, 0.15) is 34.3 Å². The fourth-order valence-corrected chi connectivity index (χ4v) is 2.72. The monoisotopic (exact) mass is 308 g/mol. The molecular weight excluding hydrogens is 288 g/mol. The minimum Gasteiger partial charge on any atom is -0.384 e. The molecule has 1 unspecified atom stereocenters. The van der Waals surface area contributed by atoms with E-state index >= 15 is 0 Å². The van der Waals surface area contributed by atoms with Crippen LogP contribution in [0.15, 0.2) is 42.7 Å². The van der Waals surface area contributed by atoms with Crippen LogP contribution in [0.5, 0.6) is 0 Å². The molecule has 0 saturated carbocycles. The molecule has 3 aromatic rings. The molecule has 0 spiro atoms. The van der Waals surface area contributed by atoms with Crippen molar-refractivity contribution < 1.29 is 0 Å². The van der Waals surface area contributed by atoms with Gasteiger partial charge in [-0.1, -0.05) is 30.3 Å².